The summed E-state index contributed by atoms with van der Waals surface area (Å²) in [6.45, 7) is 0.563. The Bertz CT molecular complexity index is 955. The molecule has 0 bridgehead atoms. The summed E-state index contributed by atoms with van der Waals surface area (Å²) in [4.78, 5) is 16.2. The average molecular weight is 340 g/mol. The Morgan fingerprint density at radius 2 is 2.12 bits per heavy atom. The van der Waals surface area contributed by atoms with Crippen LogP contribution in [-0.2, 0) is 6.54 Å². The molecule has 0 saturated carbocycles. The number of anilines is 1. The zero-order chi connectivity index (χ0) is 16.5. The third-order valence-corrected chi connectivity index (χ3v) is 4.34. The summed E-state index contributed by atoms with van der Waals surface area (Å²) in [6, 6.07) is 10.3. The first-order valence-electron chi connectivity index (χ1n) is 7.15. The van der Waals surface area contributed by atoms with Crippen LogP contribution in [0.15, 0.2) is 53.3 Å². The second-order valence-corrected chi connectivity index (χ2v) is 6.03. The lowest BCUT2D eigenvalue weighted by molar-refractivity contribution is 0.0697. The molecule has 3 heterocycles. The lowest BCUT2D eigenvalue weighted by Gasteiger charge is -1.98. The fourth-order valence-electron chi connectivity index (χ4n) is 2.27. The number of fused-ring (bicyclic) bond motifs is 1. The molecule has 120 valence electrons. The molecule has 4 rings (SSSR count). The van der Waals surface area contributed by atoms with Crippen LogP contribution in [-0.4, -0.2) is 25.7 Å². The number of rotatable bonds is 5. The van der Waals surface area contributed by atoms with Crippen LogP contribution in [0.1, 0.15) is 16.1 Å². The molecule has 0 spiro atoms. The molecular weight excluding hydrogens is 328 g/mol. The van der Waals surface area contributed by atoms with Gasteiger partial charge in [0.1, 0.15) is 5.76 Å². The van der Waals surface area contributed by atoms with Gasteiger partial charge < -0.3 is 14.8 Å². The summed E-state index contributed by atoms with van der Waals surface area (Å²) in [7, 11) is 0. The van der Waals surface area contributed by atoms with E-state index in [9.17, 15) is 4.79 Å². The second kappa shape index (κ2) is 5.82. The van der Waals surface area contributed by atoms with Crippen molar-refractivity contribution >= 4 is 27.4 Å². The normalized spacial score (nSPS) is 11.0. The van der Waals surface area contributed by atoms with Crippen LogP contribution in [0.25, 0.3) is 16.2 Å². The number of benzene rings is 1. The highest BCUT2D eigenvalue weighted by Crippen LogP contribution is 2.25. The lowest BCUT2D eigenvalue weighted by Crippen LogP contribution is -1.98. The summed E-state index contributed by atoms with van der Waals surface area (Å²) >= 11 is 1.44. The fraction of sp³-hybridized carbons (Fsp3) is 0.0625. The van der Waals surface area contributed by atoms with Crippen molar-refractivity contribution in [1.82, 2.24) is 14.6 Å². The van der Waals surface area contributed by atoms with Crippen molar-refractivity contribution in [2.24, 2.45) is 0 Å². The maximum absolute atomic E-state index is 10.9. The minimum atomic E-state index is -0.943. The van der Waals surface area contributed by atoms with Gasteiger partial charge in [-0.3, -0.25) is 0 Å². The number of aromatic carboxylic acids is 1. The van der Waals surface area contributed by atoms with Crippen molar-refractivity contribution in [2.75, 3.05) is 5.32 Å². The maximum Gasteiger partial charge on any atom is 0.335 e. The first-order valence-corrected chi connectivity index (χ1v) is 7.97. The van der Waals surface area contributed by atoms with E-state index < -0.39 is 5.97 Å². The van der Waals surface area contributed by atoms with E-state index in [4.69, 9.17) is 9.52 Å². The molecule has 0 radical (unpaired) electrons. The summed E-state index contributed by atoms with van der Waals surface area (Å²) < 4.78 is 6.97. The van der Waals surface area contributed by atoms with Gasteiger partial charge in [-0.15, -0.1) is 5.10 Å². The average Bonchev–Trinajstić information content (AvgIpc) is 3.29. The highest BCUT2D eigenvalue weighted by atomic mass is 32.1. The molecule has 1 aromatic carbocycles. The highest BCUT2D eigenvalue weighted by molar-refractivity contribution is 7.20. The molecule has 4 aromatic rings. The van der Waals surface area contributed by atoms with E-state index in [1.165, 1.54) is 11.3 Å². The third kappa shape index (κ3) is 2.74. The first-order chi connectivity index (χ1) is 11.7. The smallest absolute Gasteiger partial charge is 0.335 e. The van der Waals surface area contributed by atoms with Gasteiger partial charge in [0.25, 0.3) is 0 Å². The second-order valence-electron chi connectivity index (χ2n) is 5.08. The van der Waals surface area contributed by atoms with Gasteiger partial charge >= 0.3 is 5.97 Å². The van der Waals surface area contributed by atoms with Crippen LogP contribution >= 0.6 is 11.3 Å². The number of nitrogens with one attached hydrogen (secondary N) is 1. The molecule has 7 nitrogen and oxygen atoms in total. The molecule has 8 heteroatoms. The topological polar surface area (TPSA) is 92.7 Å². The van der Waals surface area contributed by atoms with Gasteiger partial charge in [0.15, 0.2) is 0 Å². The van der Waals surface area contributed by atoms with Crippen LogP contribution in [0.5, 0.6) is 0 Å². The standard InChI is InChI=1S/C16H12N4O3S/c21-14(22)11-5-3-10(4-6-11)13-9-20-16(18-13)24-15(19-20)17-8-12-2-1-7-23-12/h1-7,9H,8H2,(H,17,19)(H,21,22). The van der Waals surface area contributed by atoms with E-state index in [-0.39, 0.29) is 5.56 Å². The van der Waals surface area contributed by atoms with Crippen LogP contribution < -0.4 is 5.32 Å². The van der Waals surface area contributed by atoms with Gasteiger partial charge in [0.05, 0.1) is 30.3 Å². The first kappa shape index (κ1) is 14.5. The van der Waals surface area contributed by atoms with E-state index in [1.807, 2.05) is 18.3 Å². The van der Waals surface area contributed by atoms with E-state index in [0.717, 1.165) is 27.1 Å². The number of hydrogen-bond donors (Lipinski definition) is 2. The van der Waals surface area contributed by atoms with Gasteiger partial charge in [-0.05, 0) is 24.3 Å². The van der Waals surface area contributed by atoms with Crippen LogP contribution in [0.3, 0.4) is 0 Å². The molecule has 0 unspecified atom stereocenters. The van der Waals surface area contributed by atoms with E-state index in [2.05, 4.69) is 15.4 Å². The van der Waals surface area contributed by atoms with Crippen LogP contribution in [0.4, 0.5) is 5.13 Å². The molecular formula is C16H12N4O3S. The molecule has 2 N–H and O–H groups in total. The number of nitrogens with zero attached hydrogens (tertiary/aromatic N) is 3. The number of aromatic nitrogens is 3. The zero-order valence-electron chi connectivity index (χ0n) is 12.3. The Kier molecular flexibility index (Phi) is 3.51. The number of hydrogen-bond acceptors (Lipinski definition) is 6. The zero-order valence-corrected chi connectivity index (χ0v) is 13.2. The predicted octanol–water partition coefficient (Wildman–Crippen LogP) is 3.36. The quantitative estimate of drug-likeness (QED) is 0.579. The molecule has 0 aliphatic carbocycles. The molecule has 0 aliphatic heterocycles. The molecule has 0 amide bonds. The van der Waals surface area contributed by atoms with E-state index in [0.29, 0.717) is 6.54 Å². The molecule has 0 aliphatic rings. The van der Waals surface area contributed by atoms with Gasteiger partial charge in [0, 0.05) is 5.56 Å². The summed E-state index contributed by atoms with van der Waals surface area (Å²) in [5.41, 5.74) is 1.85. The van der Waals surface area contributed by atoms with Crippen molar-refractivity contribution < 1.29 is 14.3 Å². The van der Waals surface area contributed by atoms with Crippen LogP contribution in [0.2, 0.25) is 0 Å². The minimum absolute atomic E-state index is 0.252. The summed E-state index contributed by atoms with van der Waals surface area (Å²) in [6.07, 6.45) is 3.45. The van der Waals surface area contributed by atoms with E-state index >= 15 is 0 Å². The number of carbonyl (C=O) groups is 1. The Morgan fingerprint density at radius 1 is 1.29 bits per heavy atom. The largest absolute Gasteiger partial charge is 0.478 e. The molecule has 0 saturated heterocycles. The maximum atomic E-state index is 10.9. The van der Waals surface area contributed by atoms with Crippen molar-refractivity contribution in [3.63, 3.8) is 0 Å². The number of imidazole rings is 1. The Labute approximate surface area is 140 Å². The SMILES string of the molecule is O=C(O)c1ccc(-c2cn3nc(NCc4ccco4)sc3n2)cc1. The molecule has 24 heavy (non-hydrogen) atoms. The van der Waals surface area contributed by atoms with Crippen LogP contribution in [0, 0.1) is 0 Å². The van der Waals surface area contributed by atoms with E-state index in [1.54, 1.807) is 35.0 Å². The summed E-state index contributed by atoms with van der Waals surface area (Å²) in [5, 5.41) is 17.3. The lowest BCUT2D eigenvalue weighted by atomic mass is 10.1. The molecule has 0 fully saturated rings. The number of furan rings is 1. The number of carboxylic acids is 1. The number of carboxylic acid groups (broad SMARTS) is 1. The van der Waals surface area contributed by atoms with Gasteiger partial charge in [0.2, 0.25) is 10.1 Å². The van der Waals surface area contributed by atoms with Crippen molar-refractivity contribution in [3.05, 3.63) is 60.2 Å². The summed E-state index contributed by atoms with van der Waals surface area (Å²) in [5.74, 6) is -0.108. The predicted molar refractivity (Wildman–Crippen MR) is 89.3 cm³/mol. The van der Waals surface area contributed by atoms with Crippen molar-refractivity contribution in [2.45, 2.75) is 6.54 Å². The Hall–Kier alpha value is -3.13. The fourth-order valence-corrected chi connectivity index (χ4v) is 3.05. The molecule has 0 atom stereocenters. The molecule has 3 aromatic heterocycles. The Balaban J connectivity index is 1.53. The minimum Gasteiger partial charge on any atom is -0.478 e. The monoisotopic (exact) mass is 340 g/mol. The van der Waals surface area contributed by atoms with Gasteiger partial charge in [-0.25, -0.2) is 14.3 Å². The van der Waals surface area contributed by atoms with Gasteiger partial charge in [-0.1, -0.05) is 23.5 Å². The highest BCUT2D eigenvalue weighted by Gasteiger charge is 2.11. The third-order valence-electron chi connectivity index (χ3n) is 3.46. The van der Waals surface area contributed by atoms with Crippen molar-refractivity contribution in [1.29, 1.82) is 0 Å². The van der Waals surface area contributed by atoms with Crippen molar-refractivity contribution in [3.8, 4) is 11.3 Å². The Morgan fingerprint density at radius 3 is 2.79 bits per heavy atom. The van der Waals surface area contributed by atoms with Gasteiger partial charge in [-0.2, -0.15) is 0 Å².